The number of hydrogen-bond donors (Lipinski definition) is 1. The van der Waals surface area contributed by atoms with E-state index in [2.05, 4.69) is 62.4 Å². The monoisotopic (exact) mass is 535 g/mol. The number of fused-ring (bicyclic) bond motifs is 1. The Labute approximate surface area is 232 Å². The third kappa shape index (κ3) is 5.95. The van der Waals surface area contributed by atoms with E-state index in [-0.39, 0.29) is 16.1 Å². The van der Waals surface area contributed by atoms with Crippen LogP contribution in [0, 0.1) is 0 Å². The van der Waals surface area contributed by atoms with E-state index in [1.807, 2.05) is 48.5 Å². The van der Waals surface area contributed by atoms with E-state index >= 15 is 0 Å². The van der Waals surface area contributed by atoms with Crippen molar-refractivity contribution >= 4 is 39.1 Å². The third-order valence-corrected chi connectivity index (χ3v) is 8.55. The van der Waals surface area contributed by atoms with Gasteiger partial charge in [0, 0.05) is 61.6 Å². The van der Waals surface area contributed by atoms with Crippen molar-refractivity contribution in [3.05, 3.63) is 132 Å². The maximum atomic E-state index is 13.2. The second-order valence-corrected chi connectivity index (χ2v) is 11.0. The number of aromatic nitrogens is 2. The van der Waals surface area contributed by atoms with Gasteiger partial charge in [-0.05, 0) is 29.8 Å². The molecule has 1 unspecified atom stereocenters. The Morgan fingerprint density at radius 3 is 2.33 bits per heavy atom. The van der Waals surface area contributed by atoms with E-state index in [4.69, 9.17) is 4.98 Å². The molecule has 0 aliphatic carbocycles. The van der Waals surface area contributed by atoms with Gasteiger partial charge in [0.25, 0.3) is 0 Å². The van der Waals surface area contributed by atoms with Gasteiger partial charge in [0.1, 0.15) is 11.6 Å². The molecular weight excluding hydrogens is 502 g/mol. The first-order valence-electron chi connectivity index (χ1n) is 13.0. The molecule has 198 valence electrons. The molecular formula is C32H33N5OS. The molecule has 2 aromatic carbocycles. The lowest BCUT2D eigenvalue weighted by molar-refractivity contribution is 0.427. The Hall–Kier alpha value is -4.20. The summed E-state index contributed by atoms with van der Waals surface area (Å²) in [5, 5.41) is 3.93. The van der Waals surface area contributed by atoms with Crippen LogP contribution in [0.5, 0.6) is 0 Å². The summed E-state index contributed by atoms with van der Waals surface area (Å²) >= 11 is 0. The van der Waals surface area contributed by atoms with Gasteiger partial charge in [-0.2, -0.15) is 0 Å². The molecule has 1 N–H and O–H groups in total. The molecule has 0 spiro atoms. The van der Waals surface area contributed by atoms with Crippen molar-refractivity contribution < 1.29 is 0 Å². The molecule has 6 nitrogen and oxygen atoms in total. The van der Waals surface area contributed by atoms with E-state index < -0.39 is 0 Å². The van der Waals surface area contributed by atoms with Gasteiger partial charge in [-0.1, -0.05) is 73.6 Å². The zero-order chi connectivity index (χ0) is 27.2. The van der Waals surface area contributed by atoms with Crippen molar-refractivity contribution in [2.24, 2.45) is 0 Å². The molecule has 0 saturated carbocycles. The fourth-order valence-corrected chi connectivity index (χ4v) is 6.23. The SMILES string of the molecule is C=C/C=C(\C=C)Nc1cc(=O)c2cnc(N3CCN(S(=C)Cc4ccccc4)CC3)cc2n1-c1ccccc1. The highest BCUT2D eigenvalue weighted by atomic mass is 32.2. The second kappa shape index (κ2) is 12.1. The predicted octanol–water partition coefficient (Wildman–Crippen LogP) is 5.99. The van der Waals surface area contributed by atoms with Crippen LogP contribution in [0.1, 0.15) is 5.56 Å². The van der Waals surface area contributed by atoms with Gasteiger partial charge in [0.2, 0.25) is 0 Å². The van der Waals surface area contributed by atoms with Crippen molar-refractivity contribution in [1.29, 1.82) is 0 Å². The minimum absolute atomic E-state index is 0.0824. The molecule has 2 aromatic heterocycles. The van der Waals surface area contributed by atoms with Crippen LogP contribution in [-0.2, 0) is 5.75 Å². The summed E-state index contributed by atoms with van der Waals surface area (Å²) in [5.41, 5.74) is 3.72. The van der Waals surface area contributed by atoms with Crippen LogP contribution in [0.3, 0.4) is 0 Å². The lowest BCUT2D eigenvalue weighted by atomic mass is 10.2. The van der Waals surface area contributed by atoms with Crippen molar-refractivity contribution in [3.63, 3.8) is 0 Å². The van der Waals surface area contributed by atoms with Crippen LogP contribution in [-0.4, -0.2) is 45.9 Å². The molecule has 1 atom stereocenters. The van der Waals surface area contributed by atoms with Crippen LogP contribution < -0.4 is 15.6 Å². The number of rotatable bonds is 9. The minimum atomic E-state index is -0.0902. The minimum Gasteiger partial charge on any atom is -0.354 e. The van der Waals surface area contributed by atoms with Gasteiger partial charge in [-0.15, -0.1) is 10.7 Å². The van der Waals surface area contributed by atoms with E-state index in [0.29, 0.717) is 11.2 Å². The normalized spacial score (nSPS) is 15.2. The van der Waals surface area contributed by atoms with Crippen molar-refractivity contribution in [1.82, 2.24) is 13.9 Å². The van der Waals surface area contributed by atoms with E-state index in [9.17, 15) is 4.79 Å². The van der Waals surface area contributed by atoms with Gasteiger partial charge in [-0.3, -0.25) is 13.7 Å². The molecule has 5 rings (SSSR count). The summed E-state index contributed by atoms with van der Waals surface area (Å²) in [6, 6.07) is 24.2. The van der Waals surface area contributed by atoms with E-state index in [0.717, 1.165) is 54.7 Å². The topological polar surface area (TPSA) is 53.4 Å². The van der Waals surface area contributed by atoms with E-state index in [1.54, 1.807) is 24.4 Å². The molecule has 4 aromatic rings. The van der Waals surface area contributed by atoms with Crippen LogP contribution in [0.4, 0.5) is 11.6 Å². The zero-order valence-corrected chi connectivity index (χ0v) is 22.8. The number of allylic oxidation sites excluding steroid dienone is 3. The van der Waals surface area contributed by atoms with Crippen LogP contribution in [0.2, 0.25) is 0 Å². The Kier molecular flexibility index (Phi) is 8.20. The first-order chi connectivity index (χ1) is 19.1. The van der Waals surface area contributed by atoms with Crippen molar-refractivity contribution in [2.45, 2.75) is 5.75 Å². The maximum Gasteiger partial charge on any atom is 0.193 e. The molecule has 1 saturated heterocycles. The second-order valence-electron chi connectivity index (χ2n) is 9.32. The molecule has 1 aliphatic rings. The van der Waals surface area contributed by atoms with E-state index in [1.165, 1.54) is 5.56 Å². The number of para-hydroxylation sites is 1. The van der Waals surface area contributed by atoms with Crippen LogP contribution in [0.25, 0.3) is 16.6 Å². The quantitative estimate of drug-likeness (QED) is 0.211. The highest BCUT2D eigenvalue weighted by molar-refractivity contribution is 8.11. The lowest BCUT2D eigenvalue weighted by Crippen LogP contribution is -2.44. The average molecular weight is 536 g/mol. The average Bonchev–Trinajstić information content (AvgIpc) is 2.98. The highest BCUT2D eigenvalue weighted by Crippen LogP contribution is 2.29. The number of hydrogen-bond acceptors (Lipinski definition) is 5. The smallest absolute Gasteiger partial charge is 0.193 e. The molecule has 0 bridgehead atoms. The first kappa shape index (κ1) is 26.4. The predicted molar refractivity (Wildman–Crippen MR) is 168 cm³/mol. The van der Waals surface area contributed by atoms with Gasteiger partial charge >= 0.3 is 0 Å². The molecule has 1 fully saturated rings. The number of piperazine rings is 1. The molecule has 0 radical (unpaired) electrons. The number of nitrogens with one attached hydrogen (secondary N) is 1. The fourth-order valence-electron chi connectivity index (χ4n) is 4.79. The Morgan fingerprint density at radius 2 is 1.67 bits per heavy atom. The van der Waals surface area contributed by atoms with Gasteiger partial charge < -0.3 is 10.2 Å². The third-order valence-electron chi connectivity index (χ3n) is 6.79. The summed E-state index contributed by atoms with van der Waals surface area (Å²) in [7, 11) is -0.0824. The largest absolute Gasteiger partial charge is 0.354 e. The first-order valence-corrected chi connectivity index (χ1v) is 14.5. The molecule has 7 heteroatoms. The molecule has 3 heterocycles. The van der Waals surface area contributed by atoms with Gasteiger partial charge in [-0.25, -0.2) is 4.98 Å². The maximum absolute atomic E-state index is 13.2. The summed E-state index contributed by atoms with van der Waals surface area (Å²) in [5.74, 6) is 6.93. The van der Waals surface area contributed by atoms with Gasteiger partial charge in [0.05, 0.1) is 10.9 Å². The number of benzene rings is 2. The Balaban J connectivity index is 1.46. The molecule has 1 aliphatic heterocycles. The number of pyridine rings is 2. The van der Waals surface area contributed by atoms with Gasteiger partial charge in [0.15, 0.2) is 5.43 Å². The van der Waals surface area contributed by atoms with Crippen LogP contribution in [0.15, 0.2) is 121 Å². The summed E-state index contributed by atoms with van der Waals surface area (Å²) in [6.45, 7) is 11.2. The lowest BCUT2D eigenvalue weighted by Gasteiger charge is -2.36. The fraction of sp³-hybridized carbons (Fsp3) is 0.156. The summed E-state index contributed by atoms with van der Waals surface area (Å²) in [6.07, 6.45) is 6.92. The van der Waals surface area contributed by atoms with Crippen LogP contribution >= 0.6 is 10.7 Å². The number of nitrogens with zero attached hydrogens (tertiary/aromatic N) is 4. The highest BCUT2D eigenvalue weighted by Gasteiger charge is 2.21. The zero-order valence-electron chi connectivity index (χ0n) is 22.0. The summed E-state index contributed by atoms with van der Waals surface area (Å²) in [4.78, 5) is 20.2. The number of anilines is 2. The molecule has 39 heavy (non-hydrogen) atoms. The standard InChI is InChI=1S/C32H33N5OS/c1-4-12-26(5-2)34-32-22-30(38)28-23-33-31(21-29(28)37(32)27-15-10-7-11-16-27)35-17-19-36(20-18-35)39(3)24-25-13-8-6-9-14-25/h4-16,21-23,34H,1-3,17-20,24H2/b26-12+. The van der Waals surface area contributed by atoms with Crippen molar-refractivity contribution in [3.8, 4) is 5.69 Å². The molecule has 0 amide bonds. The Bertz CT molecular complexity index is 1590. The summed E-state index contributed by atoms with van der Waals surface area (Å²) < 4.78 is 4.53. The Morgan fingerprint density at radius 1 is 0.974 bits per heavy atom. The van der Waals surface area contributed by atoms with Crippen molar-refractivity contribution in [2.75, 3.05) is 36.4 Å².